The van der Waals surface area contributed by atoms with E-state index in [9.17, 15) is 9.90 Å². The van der Waals surface area contributed by atoms with Gasteiger partial charge in [0, 0.05) is 23.2 Å². The minimum absolute atomic E-state index is 0.186. The molecule has 0 saturated heterocycles. The third-order valence-corrected chi connectivity index (χ3v) is 5.69. The van der Waals surface area contributed by atoms with E-state index in [1.54, 1.807) is 12.1 Å². The fourth-order valence-electron chi connectivity index (χ4n) is 3.14. The van der Waals surface area contributed by atoms with Gasteiger partial charge in [-0.1, -0.05) is 31.5 Å². The van der Waals surface area contributed by atoms with Crippen molar-refractivity contribution in [2.75, 3.05) is 5.73 Å². The van der Waals surface area contributed by atoms with Crippen molar-refractivity contribution in [1.29, 1.82) is 0 Å². The summed E-state index contributed by atoms with van der Waals surface area (Å²) in [5.41, 5.74) is 8.92. The molecule has 1 aromatic carbocycles. The van der Waals surface area contributed by atoms with Gasteiger partial charge in [0.05, 0.1) is 11.0 Å². The van der Waals surface area contributed by atoms with Crippen LogP contribution < -0.4 is 15.5 Å². The number of fused-ring (bicyclic) bond motifs is 1. The summed E-state index contributed by atoms with van der Waals surface area (Å²) < 4.78 is 6.00. The quantitative estimate of drug-likeness (QED) is 0.402. The molecule has 148 valence electrons. The van der Waals surface area contributed by atoms with Crippen LogP contribution in [0.25, 0.3) is 15.9 Å². The van der Waals surface area contributed by atoms with Gasteiger partial charge >= 0.3 is 5.69 Å². The van der Waals surface area contributed by atoms with Gasteiger partial charge in [0.1, 0.15) is 9.71 Å². The van der Waals surface area contributed by atoms with Gasteiger partial charge in [0.15, 0.2) is 5.95 Å². The molecule has 2 N–H and O–H groups in total. The fraction of sp³-hybridized carbons (Fsp3) is 0.238. The van der Waals surface area contributed by atoms with Gasteiger partial charge in [0.2, 0.25) is 5.69 Å². The van der Waals surface area contributed by atoms with Crippen molar-refractivity contribution < 1.29 is 19.1 Å². The highest BCUT2D eigenvalue weighted by atomic mass is 32.1. The Bertz CT molecular complexity index is 1210. The lowest BCUT2D eigenvalue weighted by atomic mass is 10.1. The van der Waals surface area contributed by atoms with Crippen molar-refractivity contribution in [2.24, 2.45) is 5.92 Å². The predicted molar refractivity (Wildman–Crippen MR) is 108 cm³/mol. The molecule has 0 fully saturated rings. The first-order valence-electron chi connectivity index (χ1n) is 9.23. The molecule has 4 rings (SSSR count). The maximum atomic E-state index is 13.2. The number of aryl methyl sites for hydroxylation is 1. The maximum Gasteiger partial charge on any atom is 0.312 e. The fourth-order valence-corrected chi connectivity index (χ4v) is 4.20. The summed E-state index contributed by atoms with van der Waals surface area (Å²) in [5.74, 6) is -0.865. The SMILES string of the molecule is Cc1ccc(-[n+]2noc([O-])c2C(=O)c2sc3nc(CC(C)C)ccc3c2N)cc1. The molecule has 3 heterocycles. The predicted octanol–water partition coefficient (Wildman–Crippen LogP) is 2.95. The third-order valence-electron chi connectivity index (χ3n) is 4.58. The highest BCUT2D eigenvalue weighted by Gasteiger charge is 2.32. The number of hydrogen-bond donors (Lipinski definition) is 1. The second-order valence-electron chi connectivity index (χ2n) is 7.38. The molecule has 4 aromatic rings. The van der Waals surface area contributed by atoms with E-state index in [1.807, 2.05) is 31.2 Å². The van der Waals surface area contributed by atoms with E-state index in [2.05, 4.69) is 24.1 Å². The number of carbonyl (C=O) groups is 1. The minimum atomic E-state index is -0.805. The van der Waals surface area contributed by atoms with E-state index in [1.165, 1.54) is 16.0 Å². The maximum absolute atomic E-state index is 13.2. The molecule has 0 aliphatic rings. The van der Waals surface area contributed by atoms with E-state index in [-0.39, 0.29) is 10.6 Å². The van der Waals surface area contributed by atoms with E-state index in [0.29, 0.717) is 27.5 Å². The zero-order valence-electron chi connectivity index (χ0n) is 16.3. The third kappa shape index (κ3) is 3.47. The van der Waals surface area contributed by atoms with Gasteiger partial charge in [-0.05, 0) is 36.1 Å². The molecule has 7 nitrogen and oxygen atoms in total. The van der Waals surface area contributed by atoms with Crippen LogP contribution in [0, 0.1) is 12.8 Å². The van der Waals surface area contributed by atoms with Crippen molar-refractivity contribution >= 4 is 33.0 Å². The Morgan fingerprint density at radius 1 is 1.24 bits per heavy atom. The number of nitrogens with zero attached hydrogens (tertiary/aromatic N) is 3. The van der Waals surface area contributed by atoms with E-state index >= 15 is 0 Å². The molecule has 0 unspecified atom stereocenters. The normalized spacial score (nSPS) is 11.4. The van der Waals surface area contributed by atoms with Crippen LogP contribution in [0.15, 0.2) is 40.9 Å². The van der Waals surface area contributed by atoms with Crippen LogP contribution in [0.4, 0.5) is 5.69 Å². The van der Waals surface area contributed by atoms with E-state index in [0.717, 1.165) is 17.7 Å². The summed E-state index contributed by atoms with van der Waals surface area (Å²) in [6, 6.07) is 11.1. The summed E-state index contributed by atoms with van der Waals surface area (Å²) in [5, 5.41) is 16.7. The number of pyridine rings is 1. The summed E-state index contributed by atoms with van der Waals surface area (Å²) in [6.45, 7) is 6.19. The highest BCUT2D eigenvalue weighted by Crippen LogP contribution is 2.35. The molecule has 0 amide bonds. The largest absolute Gasteiger partial charge is 0.539 e. The Balaban J connectivity index is 1.79. The molecular weight excluding hydrogens is 388 g/mol. The van der Waals surface area contributed by atoms with Crippen LogP contribution in [-0.2, 0) is 6.42 Å². The lowest BCUT2D eigenvalue weighted by Crippen LogP contribution is -2.39. The molecule has 0 atom stereocenters. The highest BCUT2D eigenvalue weighted by molar-refractivity contribution is 7.21. The minimum Gasteiger partial charge on any atom is -0.539 e. The van der Waals surface area contributed by atoms with Crippen LogP contribution >= 0.6 is 11.3 Å². The number of anilines is 1. The number of benzene rings is 1. The molecule has 0 aliphatic heterocycles. The Hall–Kier alpha value is -3.26. The first-order valence-corrected chi connectivity index (χ1v) is 10.1. The van der Waals surface area contributed by atoms with Gasteiger partial charge in [0.25, 0.3) is 5.78 Å². The second-order valence-corrected chi connectivity index (χ2v) is 8.38. The molecular formula is C21H20N4O3S. The molecule has 0 radical (unpaired) electrons. The van der Waals surface area contributed by atoms with Crippen molar-refractivity contribution in [2.45, 2.75) is 27.2 Å². The van der Waals surface area contributed by atoms with Crippen molar-refractivity contribution in [3.05, 3.63) is 58.2 Å². The lowest BCUT2D eigenvalue weighted by Gasteiger charge is -2.03. The average molecular weight is 408 g/mol. The molecule has 0 bridgehead atoms. The zero-order chi connectivity index (χ0) is 20.7. The summed E-state index contributed by atoms with van der Waals surface area (Å²) in [6.07, 6.45) is 0.834. The van der Waals surface area contributed by atoms with Crippen molar-refractivity contribution in [3.63, 3.8) is 0 Å². The van der Waals surface area contributed by atoms with Crippen LogP contribution in [0.5, 0.6) is 5.95 Å². The number of nitrogens with two attached hydrogens (primary N) is 1. The summed E-state index contributed by atoms with van der Waals surface area (Å²) in [4.78, 5) is 18.8. The average Bonchev–Trinajstić information content (AvgIpc) is 3.21. The standard InChI is InChI=1S/C21H20N4O3S/c1-11(2)10-13-6-9-15-16(22)19(29-20(15)23-13)18(26)17-21(27)28-24-25(17)14-7-4-12(3)5-8-14/h4-9,11H,10H2,1-3H3,(H2-,22,24,26,27). The Morgan fingerprint density at radius 3 is 2.66 bits per heavy atom. The Morgan fingerprint density at radius 2 is 1.97 bits per heavy atom. The topological polar surface area (TPSA) is 109 Å². The molecule has 0 spiro atoms. The summed E-state index contributed by atoms with van der Waals surface area (Å²) in [7, 11) is 0. The molecule has 8 heteroatoms. The smallest absolute Gasteiger partial charge is 0.312 e. The van der Waals surface area contributed by atoms with Crippen LogP contribution in [0.2, 0.25) is 0 Å². The zero-order valence-corrected chi connectivity index (χ0v) is 17.1. The van der Waals surface area contributed by atoms with Crippen LogP contribution in [0.3, 0.4) is 0 Å². The molecule has 0 saturated carbocycles. The van der Waals surface area contributed by atoms with Gasteiger partial charge < -0.3 is 15.4 Å². The van der Waals surface area contributed by atoms with Crippen LogP contribution in [-0.4, -0.2) is 16.0 Å². The van der Waals surface area contributed by atoms with Gasteiger partial charge in [-0.15, -0.1) is 11.3 Å². The number of carbonyl (C=O) groups excluding carboxylic acids is 1. The van der Waals surface area contributed by atoms with Crippen molar-refractivity contribution in [1.82, 2.24) is 10.3 Å². The summed E-state index contributed by atoms with van der Waals surface area (Å²) >= 11 is 1.18. The van der Waals surface area contributed by atoms with Crippen LogP contribution in [0.1, 0.15) is 40.5 Å². The number of hydrogen-bond acceptors (Lipinski definition) is 7. The first kappa shape index (κ1) is 19.1. The lowest BCUT2D eigenvalue weighted by molar-refractivity contribution is -0.672. The monoisotopic (exact) mass is 408 g/mol. The van der Waals surface area contributed by atoms with E-state index < -0.39 is 11.7 Å². The van der Waals surface area contributed by atoms with Crippen molar-refractivity contribution in [3.8, 4) is 11.6 Å². The molecule has 29 heavy (non-hydrogen) atoms. The Kier molecular flexibility index (Phi) is 4.79. The second kappa shape index (κ2) is 7.29. The number of thiophene rings is 1. The number of ketones is 1. The van der Waals surface area contributed by atoms with E-state index in [4.69, 9.17) is 10.3 Å². The van der Waals surface area contributed by atoms with Gasteiger partial charge in [-0.2, -0.15) is 0 Å². The van der Waals surface area contributed by atoms with Gasteiger partial charge in [-0.25, -0.2) is 4.98 Å². The number of aromatic nitrogens is 3. The Labute approximate surface area is 171 Å². The first-order chi connectivity index (χ1) is 13.8. The number of nitrogen functional groups attached to an aromatic ring is 1. The van der Waals surface area contributed by atoms with Gasteiger partial charge in [-0.3, -0.25) is 4.79 Å². The molecule has 3 aromatic heterocycles. The number of rotatable bonds is 5. The molecule has 0 aliphatic carbocycles.